The maximum atomic E-state index is 12.4. The van der Waals surface area contributed by atoms with Crippen molar-refractivity contribution in [1.29, 1.82) is 0 Å². The van der Waals surface area contributed by atoms with Gasteiger partial charge in [0.1, 0.15) is 0 Å². The molecule has 0 bridgehead atoms. The second-order valence-electron chi connectivity index (χ2n) is 5.43. The van der Waals surface area contributed by atoms with Crippen molar-refractivity contribution in [3.05, 3.63) is 35.9 Å². The van der Waals surface area contributed by atoms with Crippen molar-refractivity contribution >= 4 is 17.5 Å². The lowest BCUT2D eigenvalue weighted by molar-refractivity contribution is -0.124. The molecule has 0 aliphatic heterocycles. The molecule has 1 unspecified atom stereocenters. The van der Waals surface area contributed by atoms with Crippen LogP contribution in [-0.2, 0) is 10.2 Å². The summed E-state index contributed by atoms with van der Waals surface area (Å²) in [6.07, 6.45) is 1.88. The highest BCUT2D eigenvalue weighted by Gasteiger charge is 2.51. The molecule has 1 aromatic rings. The third-order valence-electron chi connectivity index (χ3n) is 3.80. The average Bonchev–Trinajstić information content (AvgIpc) is 3.18. The van der Waals surface area contributed by atoms with Crippen LogP contribution < -0.4 is 5.32 Å². The van der Waals surface area contributed by atoms with Crippen LogP contribution in [0.25, 0.3) is 0 Å². The molecule has 98 valence electrons. The molecule has 0 radical (unpaired) electrons. The molecule has 18 heavy (non-hydrogen) atoms. The summed E-state index contributed by atoms with van der Waals surface area (Å²) in [4.78, 5) is 12.4. The maximum Gasteiger partial charge on any atom is 0.230 e. The van der Waals surface area contributed by atoms with Crippen LogP contribution in [0.4, 0.5) is 0 Å². The number of hydrogen-bond donors (Lipinski definition) is 1. The van der Waals surface area contributed by atoms with E-state index >= 15 is 0 Å². The van der Waals surface area contributed by atoms with Crippen molar-refractivity contribution in [2.75, 3.05) is 5.88 Å². The molecule has 2 nitrogen and oxygen atoms in total. The molecule has 0 heterocycles. The second-order valence-corrected chi connectivity index (χ2v) is 5.74. The van der Waals surface area contributed by atoms with Crippen molar-refractivity contribution in [3.8, 4) is 0 Å². The molecular formula is C15H20ClNO. The monoisotopic (exact) mass is 265 g/mol. The van der Waals surface area contributed by atoms with E-state index in [2.05, 4.69) is 19.2 Å². The predicted molar refractivity (Wildman–Crippen MR) is 74.8 cm³/mol. The van der Waals surface area contributed by atoms with Gasteiger partial charge in [0.15, 0.2) is 0 Å². The fourth-order valence-electron chi connectivity index (χ4n) is 2.22. The molecule has 1 aromatic carbocycles. The number of alkyl halides is 1. The highest BCUT2D eigenvalue weighted by atomic mass is 35.5. The van der Waals surface area contributed by atoms with Crippen molar-refractivity contribution in [2.24, 2.45) is 5.92 Å². The number of hydrogen-bond acceptors (Lipinski definition) is 1. The van der Waals surface area contributed by atoms with Crippen LogP contribution >= 0.6 is 11.6 Å². The third kappa shape index (κ3) is 2.54. The zero-order valence-electron chi connectivity index (χ0n) is 10.9. The minimum atomic E-state index is -0.291. The average molecular weight is 266 g/mol. The van der Waals surface area contributed by atoms with E-state index in [9.17, 15) is 4.79 Å². The largest absolute Gasteiger partial charge is 0.351 e. The van der Waals surface area contributed by atoms with Crippen molar-refractivity contribution in [1.82, 2.24) is 5.32 Å². The Morgan fingerprint density at radius 3 is 2.39 bits per heavy atom. The fraction of sp³-hybridized carbons (Fsp3) is 0.533. The summed E-state index contributed by atoms with van der Waals surface area (Å²) >= 11 is 5.91. The van der Waals surface area contributed by atoms with Crippen LogP contribution in [0, 0.1) is 5.92 Å². The first-order valence-corrected chi connectivity index (χ1v) is 7.06. The molecule has 1 aliphatic rings. The predicted octanol–water partition coefficient (Wildman–Crippen LogP) is 3.10. The van der Waals surface area contributed by atoms with Gasteiger partial charge in [-0.1, -0.05) is 44.2 Å². The maximum absolute atomic E-state index is 12.4. The Balaban J connectivity index is 2.10. The summed E-state index contributed by atoms with van der Waals surface area (Å²) in [6.45, 7) is 4.16. The summed E-state index contributed by atoms with van der Waals surface area (Å²) < 4.78 is 0. The van der Waals surface area contributed by atoms with E-state index in [1.54, 1.807) is 0 Å². The Bertz CT molecular complexity index is 412. The van der Waals surface area contributed by atoms with Crippen LogP contribution in [0.5, 0.6) is 0 Å². The van der Waals surface area contributed by atoms with Gasteiger partial charge in [0.2, 0.25) is 5.91 Å². The molecule has 1 N–H and O–H groups in total. The Morgan fingerprint density at radius 2 is 1.94 bits per heavy atom. The Hall–Kier alpha value is -1.02. The van der Waals surface area contributed by atoms with Gasteiger partial charge in [-0.3, -0.25) is 4.79 Å². The van der Waals surface area contributed by atoms with Crippen LogP contribution in [0.15, 0.2) is 30.3 Å². The van der Waals surface area contributed by atoms with E-state index in [1.165, 1.54) is 0 Å². The van der Waals surface area contributed by atoms with Crippen molar-refractivity contribution < 1.29 is 4.79 Å². The SMILES string of the molecule is CC(C)C(CCl)NC(=O)C1(c2ccccc2)CC1. The standard InChI is InChI=1S/C15H20ClNO/c1-11(2)13(10-16)17-14(18)15(8-9-15)12-6-4-3-5-7-12/h3-7,11,13H,8-10H2,1-2H3,(H,17,18). The molecule has 1 aliphatic carbocycles. The van der Waals surface area contributed by atoms with E-state index in [0.717, 1.165) is 18.4 Å². The van der Waals surface area contributed by atoms with Crippen LogP contribution in [0.3, 0.4) is 0 Å². The normalized spacial score (nSPS) is 18.4. The van der Waals surface area contributed by atoms with E-state index in [0.29, 0.717) is 11.8 Å². The summed E-state index contributed by atoms with van der Waals surface area (Å²) in [7, 11) is 0. The molecule has 0 aromatic heterocycles. The lowest BCUT2D eigenvalue weighted by Gasteiger charge is -2.23. The third-order valence-corrected chi connectivity index (χ3v) is 4.13. The van der Waals surface area contributed by atoms with Crippen LogP contribution in [0.1, 0.15) is 32.3 Å². The van der Waals surface area contributed by atoms with Gasteiger partial charge < -0.3 is 5.32 Å². The lowest BCUT2D eigenvalue weighted by Crippen LogP contribution is -2.45. The first kappa shape index (κ1) is 13.4. The van der Waals surface area contributed by atoms with E-state index in [-0.39, 0.29) is 17.4 Å². The van der Waals surface area contributed by atoms with Crippen LogP contribution in [-0.4, -0.2) is 17.8 Å². The minimum Gasteiger partial charge on any atom is -0.351 e. The molecule has 1 atom stereocenters. The molecule has 0 saturated heterocycles. The molecule has 1 amide bonds. The van der Waals surface area contributed by atoms with Crippen LogP contribution in [0.2, 0.25) is 0 Å². The van der Waals surface area contributed by atoms with Gasteiger partial charge in [-0.25, -0.2) is 0 Å². The highest BCUT2D eigenvalue weighted by molar-refractivity contribution is 6.18. The molecule has 1 fully saturated rings. The topological polar surface area (TPSA) is 29.1 Å². The molecule has 0 spiro atoms. The first-order valence-electron chi connectivity index (χ1n) is 6.52. The Morgan fingerprint density at radius 1 is 1.33 bits per heavy atom. The molecule has 3 heteroatoms. The summed E-state index contributed by atoms with van der Waals surface area (Å²) in [5.41, 5.74) is 0.833. The van der Waals surface area contributed by atoms with Crippen molar-refractivity contribution in [2.45, 2.75) is 38.1 Å². The second kappa shape index (κ2) is 5.31. The smallest absolute Gasteiger partial charge is 0.230 e. The highest BCUT2D eigenvalue weighted by Crippen LogP contribution is 2.48. The van der Waals surface area contributed by atoms with E-state index in [1.807, 2.05) is 30.3 Å². The van der Waals surface area contributed by atoms with Crippen molar-refractivity contribution in [3.63, 3.8) is 0 Å². The van der Waals surface area contributed by atoms with Gasteiger partial charge in [0, 0.05) is 11.9 Å². The summed E-state index contributed by atoms with van der Waals surface area (Å²) in [5, 5.41) is 3.10. The quantitative estimate of drug-likeness (QED) is 0.815. The van der Waals surface area contributed by atoms with E-state index < -0.39 is 0 Å². The number of benzene rings is 1. The summed E-state index contributed by atoms with van der Waals surface area (Å²) in [6, 6.07) is 10.1. The molecular weight excluding hydrogens is 246 g/mol. The van der Waals surface area contributed by atoms with Gasteiger partial charge in [-0.05, 0) is 24.3 Å². The zero-order chi connectivity index (χ0) is 13.2. The number of halogens is 1. The minimum absolute atomic E-state index is 0.0559. The zero-order valence-corrected chi connectivity index (χ0v) is 11.7. The van der Waals surface area contributed by atoms with Gasteiger partial charge in [-0.2, -0.15) is 0 Å². The lowest BCUT2D eigenvalue weighted by atomic mass is 9.94. The Kier molecular flexibility index (Phi) is 3.96. The fourth-order valence-corrected chi connectivity index (χ4v) is 2.65. The number of carbonyl (C=O) groups excluding carboxylic acids is 1. The van der Waals surface area contributed by atoms with Gasteiger partial charge in [0.05, 0.1) is 5.41 Å². The number of nitrogens with one attached hydrogen (secondary N) is 1. The first-order chi connectivity index (χ1) is 8.60. The van der Waals surface area contributed by atoms with Gasteiger partial charge in [0.25, 0.3) is 0 Å². The molecule has 2 rings (SSSR count). The molecule has 1 saturated carbocycles. The summed E-state index contributed by atoms with van der Waals surface area (Å²) in [5.74, 6) is 0.958. The number of rotatable bonds is 5. The van der Waals surface area contributed by atoms with Gasteiger partial charge >= 0.3 is 0 Å². The number of amides is 1. The Labute approximate surface area is 114 Å². The number of carbonyl (C=O) groups is 1. The van der Waals surface area contributed by atoms with Gasteiger partial charge in [-0.15, -0.1) is 11.6 Å². The van der Waals surface area contributed by atoms with E-state index in [4.69, 9.17) is 11.6 Å².